The summed E-state index contributed by atoms with van der Waals surface area (Å²) in [5, 5.41) is 0. The Morgan fingerprint density at radius 3 is 2.75 bits per heavy atom. The normalized spacial score (nSPS) is 11.3. The van der Waals surface area contributed by atoms with E-state index < -0.39 is 0 Å². The van der Waals surface area contributed by atoms with Crippen molar-refractivity contribution in [2.45, 2.75) is 19.9 Å². The van der Waals surface area contributed by atoms with Crippen LogP contribution in [0, 0.1) is 0 Å². The Morgan fingerprint density at radius 1 is 1.50 bits per heavy atom. The number of rotatable bonds is 4. The first-order valence-corrected chi connectivity index (χ1v) is 5.39. The first-order chi connectivity index (χ1) is 7.77. The Morgan fingerprint density at radius 2 is 2.19 bits per heavy atom. The van der Waals surface area contributed by atoms with Gasteiger partial charge in [0.15, 0.2) is 0 Å². The van der Waals surface area contributed by atoms with E-state index in [9.17, 15) is 0 Å². The van der Waals surface area contributed by atoms with Crippen LogP contribution in [0.15, 0.2) is 29.5 Å². The lowest BCUT2D eigenvalue weighted by atomic mass is 10.2. The second kappa shape index (κ2) is 6.79. The van der Waals surface area contributed by atoms with E-state index >= 15 is 0 Å². The van der Waals surface area contributed by atoms with E-state index in [4.69, 9.17) is 5.84 Å². The van der Waals surface area contributed by atoms with Crippen LogP contribution >= 0.6 is 0 Å². The number of nitrogens with two attached hydrogens (primary N) is 1. The van der Waals surface area contributed by atoms with E-state index in [0.717, 1.165) is 19.5 Å². The smallest absolute Gasteiger partial charge is 0.208 e. The summed E-state index contributed by atoms with van der Waals surface area (Å²) >= 11 is 0. The fourth-order valence-corrected chi connectivity index (χ4v) is 1.33. The number of guanidine groups is 1. The van der Waals surface area contributed by atoms with Gasteiger partial charge in [0.2, 0.25) is 5.96 Å². The van der Waals surface area contributed by atoms with Crippen LogP contribution in [0.3, 0.4) is 0 Å². The van der Waals surface area contributed by atoms with E-state index in [1.807, 2.05) is 24.1 Å². The number of nitrogens with zero attached hydrogens (tertiary/aromatic N) is 3. The van der Waals surface area contributed by atoms with Gasteiger partial charge >= 0.3 is 0 Å². The van der Waals surface area contributed by atoms with Crippen molar-refractivity contribution in [2.24, 2.45) is 10.8 Å². The van der Waals surface area contributed by atoms with Gasteiger partial charge in [0.1, 0.15) is 0 Å². The minimum atomic E-state index is 0.707. The molecule has 0 radical (unpaired) electrons. The zero-order chi connectivity index (χ0) is 11.8. The van der Waals surface area contributed by atoms with Crippen LogP contribution in [0.25, 0.3) is 0 Å². The van der Waals surface area contributed by atoms with Crippen LogP contribution in [0.4, 0.5) is 0 Å². The maximum atomic E-state index is 5.43. The molecule has 0 aliphatic rings. The summed E-state index contributed by atoms with van der Waals surface area (Å²) in [5.41, 5.74) is 3.79. The topological polar surface area (TPSA) is 66.5 Å². The van der Waals surface area contributed by atoms with Gasteiger partial charge in [0, 0.05) is 32.5 Å². The van der Waals surface area contributed by atoms with Gasteiger partial charge in [-0.15, -0.1) is 0 Å². The van der Waals surface area contributed by atoms with Crippen molar-refractivity contribution in [3.8, 4) is 0 Å². The molecular weight excluding hydrogens is 202 g/mol. The van der Waals surface area contributed by atoms with Crippen LogP contribution < -0.4 is 11.3 Å². The third-order valence-corrected chi connectivity index (χ3v) is 2.14. The molecule has 0 saturated carbocycles. The van der Waals surface area contributed by atoms with Crippen molar-refractivity contribution in [2.75, 3.05) is 13.6 Å². The van der Waals surface area contributed by atoms with Gasteiger partial charge < -0.3 is 4.90 Å². The molecule has 0 saturated heterocycles. The largest absolute Gasteiger partial charge is 0.341 e. The predicted octanol–water partition coefficient (Wildman–Crippen LogP) is 0.743. The van der Waals surface area contributed by atoms with Gasteiger partial charge in [-0.05, 0) is 24.1 Å². The molecule has 0 amide bonds. The Bertz CT molecular complexity index is 322. The molecule has 0 bridgehead atoms. The molecule has 16 heavy (non-hydrogen) atoms. The zero-order valence-corrected chi connectivity index (χ0v) is 9.85. The Balaban J connectivity index is 2.59. The van der Waals surface area contributed by atoms with Gasteiger partial charge in [-0.25, -0.2) is 5.84 Å². The molecule has 0 spiro atoms. The molecule has 1 aromatic heterocycles. The average molecular weight is 221 g/mol. The quantitative estimate of drug-likeness (QED) is 0.341. The minimum Gasteiger partial charge on any atom is -0.341 e. The van der Waals surface area contributed by atoms with E-state index in [0.29, 0.717) is 5.96 Å². The molecule has 0 aromatic carbocycles. The Kier molecular flexibility index (Phi) is 5.28. The summed E-state index contributed by atoms with van der Waals surface area (Å²) in [7, 11) is 1.95. The predicted molar refractivity (Wildman–Crippen MR) is 65.6 cm³/mol. The maximum Gasteiger partial charge on any atom is 0.208 e. The van der Waals surface area contributed by atoms with Crippen LogP contribution in [-0.4, -0.2) is 29.4 Å². The molecule has 0 unspecified atom stereocenters. The van der Waals surface area contributed by atoms with Crippen molar-refractivity contribution >= 4 is 5.96 Å². The molecule has 5 heteroatoms. The van der Waals surface area contributed by atoms with E-state index in [1.54, 1.807) is 12.4 Å². The van der Waals surface area contributed by atoms with Gasteiger partial charge in [-0.2, -0.15) is 0 Å². The highest BCUT2D eigenvalue weighted by atomic mass is 15.4. The number of pyridine rings is 1. The van der Waals surface area contributed by atoms with Crippen molar-refractivity contribution < 1.29 is 0 Å². The first-order valence-electron chi connectivity index (χ1n) is 5.39. The molecule has 0 aliphatic carbocycles. The highest BCUT2D eigenvalue weighted by molar-refractivity contribution is 5.79. The summed E-state index contributed by atoms with van der Waals surface area (Å²) in [5.74, 6) is 6.14. The lowest BCUT2D eigenvalue weighted by Crippen LogP contribution is -2.42. The van der Waals surface area contributed by atoms with E-state index in [1.165, 1.54) is 5.56 Å². The minimum absolute atomic E-state index is 0.707. The number of hydrazine groups is 1. The summed E-state index contributed by atoms with van der Waals surface area (Å²) in [6, 6.07) is 3.95. The van der Waals surface area contributed by atoms with Crippen LogP contribution in [0.1, 0.15) is 18.9 Å². The standard InChI is InChI=1S/C11H19N5/c1-3-6-14-11(15-12)16(2)9-10-4-7-13-8-5-10/h4-5,7-8H,3,6,9,12H2,1-2H3,(H,14,15). The molecule has 0 fully saturated rings. The summed E-state index contributed by atoms with van der Waals surface area (Å²) in [6.45, 7) is 3.62. The Labute approximate surface area is 96.4 Å². The van der Waals surface area contributed by atoms with E-state index in [2.05, 4.69) is 22.3 Å². The molecule has 3 N–H and O–H groups in total. The maximum absolute atomic E-state index is 5.43. The van der Waals surface area contributed by atoms with Crippen molar-refractivity contribution in [1.29, 1.82) is 0 Å². The third kappa shape index (κ3) is 3.86. The number of aromatic nitrogens is 1. The highest BCUT2D eigenvalue weighted by Crippen LogP contribution is 2.01. The van der Waals surface area contributed by atoms with Crippen molar-refractivity contribution in [3.63, 3.8) is 0 Å². The van der Waals surface area contributed by atoms with Crippen LogP contribution in [-0.2, 0) is 6.54 Å². The molecule has 1 heterocycles. The van der Waals surface area contributed by atoms with Gasteiger partial charge in [-0.3, -0.25) is 15.4 Å². The van der Waals surface area contributed by atoms with Crippen molar-refractivity contribution in [3.05, 3.63) is 30.1 Å². The molecule has 88 valence electrons. The number of aliphatic imine (C=N–C) groups is 1. The number of hydrogen-bond acceptors (Lipinski definition) is 3. The Hall–Kier alpha value is -1.62. The molecule has 1 rings (SSSR count). The summed E-state index contributed by atoms with van der Waals surface area (Å²) in [6.07, 6.45) is 4.57. The second-order valence-corrected chi connectivity index (χ2v) is 3.56. The van der Waals surface area contributed by atoms with Gasteiger partial charge in [-0.1, -0.05) is 6.92 Å². The molecule has 5 nitrogen and oxygen atoms in total. The zero-order valence-electron chi connectivity index (χ0n) is 9.85. The third-order valence-electron chi connectivity index (χ3n) is 2.14. The van der Waals surface area contributed by atoms with Gasteiger partial charge in [0.25, 0.3) is 0 Å². The van der Waals surface area contributed by atoms with E-state index in [-0.39, 0.29) is 0 Å². The lowest BCUT2D eigenvalue weighted by Gasteiger charge is -2.20. The number of nitrogens with one attached hydrogen (secondary N) is 1. The molecular formula is C11H19N5. The average Bonchev–Trinajstić information content (AvgIpc) is 2.31. The second-order valence-electron chi connectivity index (χ2n) is 3.56. The monoisotopic (exact) mass is 221 g/mol. The lowest BCUT2D eigenvalue weighted by molar-refractivity contribution is 0.476. The highest BCUT2D eigenvalue weighted by Gasteiger charge is 2.04. The van der Waals surface area contributed by atoms with Crippen molar-refractivity contribution in [1.82, 2.24) is 15.3 Å². The first kappa shape index (κ1) is 12.4. The summed E-state index contributed by atoms with van der Waals surface area (Å²) < 4.78 is 0. The molecule has 0 aliphatic heterocycles. The van der Waals surface area contributed by atoms with Crippen LogP contribution in [0.5, 0.6) is 0 Å². The fourth-order valence-electron chi connectivity index (χ4n) is 1.33. The van der Waals surface area contributed by atoms with Crippen LogP contribution in [0.2, 0.25) is 0 Å². The SMILES string of the molecule is CCCN=C(NN)N(C)Cc1ccncc1. The van der Waals surface area contributed by atoms with Gasteiger partial charge in [0.05, 0.1) is 0 Å². The fraction of sp³-hybridized carbons (Fsp3) is 0.455. The summed E-state index contributed by atoms with van der Waals surface area (Å²) in [4.78, 5) is 10.3. The molecule has 1 aromatic rings. The molecule has 0 atom stereocenters. The number of hydrogen-bond donors (Lipinski definition) is 2.